The van der Waals surface area contributed by atoms with E-state index >= 15 is 0 Å². The fourth-order valence-electron chi connectivity index (χ4n) is 2.85. The van der Waals surface area contributed by atoms with Crippen molar-refractivity contribution in [2.45, 2.75) is 33.4 Å². The molecule has 0 aliphatic rings. The maximum Gasteiger partial charge on any atom is 0.268 e. The number of nitrogens with one attached hydrogen (secondary N) is 2. The zero-order valence-electron chi connectivity index (χ0n) is 17.8. The maximum absolute atomic E-state index is 12.9. The van der Waals surface area contributed by atoms with Crippen LogP contribution in [-0.4, -0.2) is 17.9 Å². The molecule has 0 saturated carbocycles. The summed E-state index contributed by atoms with van der Waals surface area (Å²) in [7, 11) is 0. The maximum atomic E-state index is 12.9. The summed E-state index contributed by atoms with van der Waals surface area (Å²) in [5.74, 6) is 0.0677. The number of rotatable bonds is 8. The van der Waals surface area contributed by atoms with Crippen molar-refractivity contribution in [1.82, 2.24) is 10.6 Å². The van der Waals surface area contributed by atoms with Crippen LogP contribution in [0.4, 0.5) is 0 Å². The molecule has 0 saturated heterocycles. The van der Waals surface area contributed by atoms with E-state index in [2.05, 4.69) is 10.6 Å². The SMILES string of the molecule is Cc1ccc(C(=O)N/C(=C\c2cccs2)C(=O)NCc2cccc(OC(C)C)c2)cc1. The van der Waals surface area contributed by atoms with E-state index in [4.69, 9.17) is 4.74 Å². The normalized spacial score (nSPS) is 11.3. The summed E-state index contributed by atoms with van der Waals surface area (Å²) >= 11 is 1.49. The zero-order chi connectivity index (χ0) is 22.2. The molecular formula is C25H26N2O3S. The topological polar surface area (TPSA) is 67.4 Å². The van der Waals surface area contributed by atoms with Crippen LogP contribution >= 0.6 is 11.3 Å². The van der Waals surface area contributed by atoms with E-state index in [1.54, 1.807) is 18.2 Å². The van der Waals surface area contributed by atoms with Gasteiger partial charge in [0, 0.05) is 17.0 Å². The Morgan fingerprint density at radius 2 is 1.84 bits per heavy atom. The summed E-state index contributed by atoms with van der Waals surface area (Å²) in [6, 6.07) is 18.6. The first-order chi connectivity index (χ1) is 14.9. The smallest absolute Gasteiger partial charge is 0.268 e. The predicted molar refractivity (Wildman–Crippen MR) is 125 cm³/mol. The Morgan fingerprint density at radius 3 is 2.52 bits per heavy atom. The molecule has 6 heteroatoms. The van der Waals surface area contributed by atoms with E-state index in [0.717, 1.165) is 21.8 Å². The Labute approximate surface area is 186 Å². The van der Waals surface area contributed by atoms with Gasteiger partial charge in [-0.05, 0) is 68.1 Å². The van der Waals surface area contributed by atoms with Gasteiger partial charge in [0.1, 0.15) is 11.4 Å². The molecule has 0 unspecified atom stereocenters. The zero-order valence-corrected chi connectivity index (χ0v) is 18.7. The van der Waals surface area contributed by atoms with Crippen molar-refractivity contribution in [1.29, 1.82) is 0 Å². The van der Waals surface area contributed by atoms with Crippen molar-refractivity contribution in [3.05, 3.63) is 93.3 Å². The number of benzene rings is 2. The molecule has 160 valence electrons. The molecule has 0 aliphatic heterocycles. The lowest BCUT2D eigenvalue weighted by Crippen LogP contribution is -2.34. The van der Waals surface area contributed by atoms with Gasteiger partial charge in [-0.3, -0.25) is 9.59 Å². The standard InChI is InChI=1S/C25H26N2O3S/c1-17(2)30-21-7-4-6-19(14-21)16-26-25(29)23(15-22-8-5-13-31-22)27-24(28)20-11-9-18(3)10-12-20/h4-15,17H,16H2,1-3H3,(H,26,29)(H,27,28)/b23-15-. The molecule has 3 rings (SSSR count). The van der Waals surface area contributed by atoms with E-state index in [0.29, 0.717) is 12.1 Å². The van der Waals surface area contributed by atoms with Gasteiger partial charge >= 0.3 is 0 Å². The Bertz CT molecular complexity index is 1050. The fraction of sp³-hybridized carbons (Fsp3) is 0.200. The molecule has 0 atom stereocenters. The van der Waals surface area contributed by atoms with Crippen molar-refractivity contribution in [3.8, 4) is 5.75 Å². The van der Waals surface area contributed by atoms with Gasteiger partial charge < -0.3 is 15.4 Å². The molecule has 2 aromatic carbocycles. The summed E-state index contributed by atoms with van der Waals surface area (Å²) < 4.78 is 5.71. The Balaban J connectivity index is 1.72. The molecule has 2 N–H and O–H groups in total. The molecule has 3 aromatic rings. The second kappa shape index (κ2) is 10.6. The average Bonchev–Trinajstić information content (AvgIpc) is 3.25. The number of thiophene rings is 1. The molecule has 2 amide bonds. The predicted octanol–water partition coefficient (Wildman–Crippen LogP) is 4.93. The van der Waals surface area contributed by atoms with Crippen molar-refractivity contribution in [2.24, 2.45) is 0 Å². The van der Waals surface area contributed by atoms with Crippen LogP contribution in [0.3, 0.4) is 0 Å². The summed E-state index contributed by atoms with van der Waals surface area (Å²) in [6.07, 6.45) is 1.76. The van der Waals surface area contributed by atoms with Crippen LogP contribution in [0.5, 0.6) is 5.75 Å². The summed E-state index contributed by atoms with van der Waals surface area (Å²) in [4.78, 5) is 26.5. The summed E-state index contributed by atoms with van der Waals surface area (Å²) in [5.41, 5.74) is 2.66. The second-order valence-corrected chi connectivity index (χ2v) is 8.37. The average molecular weight is 435 g/mol. The van der Waals surface area contributed by atoms with Crippen molar-refractivity contribution in [3.63, 3.8) is 0 Å². The molecule has 5 nitrogen and oxygen atoms in total. The highest BCUT2D eigenvalue weighted by atomic mass is 32.1. The number of ether oxygens (including phenoxy) is 1. The third kappa shape index (κ3) is 6.83. The van der Waals surface area contributed by atoms with Crippen molar-refractivity contribution < 1.29 is 14.3 Å². The Kier molecular flexibility index (Phi) is 7.62. The molecular weight excluding hydrogens is 408 g/mol. The number of hydrogen-bond acceptors (Lipinski definition) is 4. The number of carbonyl (C=O) groups is 2. The van der Waals surface area contributed by atoms with Crippen molar-refractivity contribution in [2.75, 3.05) is 0 Å². The molecule has 0 radical (unpaired) electrons. The fourth-order valence-corrected chi connectivity index (χ4v) is 3.51. The van der Waals surface area contributed by atoms with E-state index in [1.807, 2.05) is 74.7 Å². The monoisotopic (exact) mass is 434 g/mol. The quantitative estimate of drug-likeness (QED) is 0.494. The molecule has 0 fully saturated rings. The van der Waals surface area contributed by atoms with Crippen LogP contribution in [0, 0.1) is 6.92 Å². The number of amides is 2. The molecule has 31 heavy (non-hydrogen) atoms. The van der Waals surface area contributed by atoms with E-state index in [-0.39, 0.29) is 23.6 Å². The van der Waals surface area contributed by atoms with Crippen LogP contribution < -0.4 is 15.4 Å². The highest BCUT2D eigenvalue weighted by Crippen LogP contribution is 2.16. The third-order valence-electron chi connectivity index (χ3n) is 4.36. The van der Waals surface area contributed by atoms with Gasteiger partial charge in [-0.15, -0.1) is 11.3 Å². The van der Waals surface area contributed by atoms with Crippen molar-refractivity contribution >= 4 is 29.2 Å². The summed E-state index contributed by atoms with van der Waals surface area (Å²) in [5, 5.41) is 7.56. The molecule has 1 aromatic heterocycles. The van der Waals surface area contributed by atoms with Crippen LogP contribution in [-0.2, 0) is 11.3 Å². The Hall–Kier alpha value is -3.38. The van der Waals surface area contributed by atoms with Gasteiger partial charge in [-0.1, -0.05) is 35.9 Å². The number of aryl methyl sites for hydroxylation is 1. The number of carbonyl (C=O) groups excluding carboxylic acids is 2. The van der Waals surface area contributed by atoms with Crippen LogP contribution in [0.25, 0.3) is 6.08 Å². The third-order valence-corrected chi connectivity index (χ3v) is 5.18. The lowest BCUT2D eigenvalue weighted by molar-refractivity contribution is -0.117. The van der Waals surface area contributed by atoms with E-state index in [9.17, 15) is 9.59 Å². The van der Waals surface area contributed by atoms with Gasteiger partial charge in [0.05, 0.1) is 6.10 Å². The van der Waals surface area contributed by atoms with Gasteiger partial charge in [0.25, 0.3) is 11.8 Å². The summed E-state index contributed by atoms with van der Waals surface area (Å²) in [6.45, 7) is 6.20. The second-order valence-electron chi connectivity index (χ2n) is 7.39. The van der Waals surface area contributed by atoms with Crippen LogP contribution in [0.1, 0.15) is 40.2 Å². The van der Waals surface area contributed by atoms with Gasteiger partial charge in [0.2, 0.25) is 0 Å². The molecule has 1 heterocycles. The minimum atomic E-state index is -0.357. The highest BCUT2D eigenvalue weighted by molar-refractivity contribution is 7.10. The lowest BCUT2D eigenvalue weighted by Gasteiger charge is -2.13. The minimum absolute atomic E-state index is 0.0714. The van der Waals surface area contributed by atoms with Crippen LogP contribution in [0.15, 0.2) is 71.7 Å². The first-order valence-electron chi connectivity index (χ1n) is 10.1. The molecule has 0 aliphatic carbocycles. The molecule has 0 spiro atoms. The lowest BCUT2D eigenvalue weighted by atomic mass is 10.1. The van der Waals surface area contributed by atoms with Gasteiger partial charge in [-0.25, -0.2) is 0 Å². The first-order valence-corrected chi connectivity index (χ1v) is 11.0. The van der Waals surface area contributed by atoms with Crippen LogP contribution in [0.2, 0.25) is 0 Å². The minimum Gasteiger partial charge on any atom is -0.491 e. The van der Waals surface area contributed by atoms with E-state index < -0.39 is 0 Å². The van der Waals surface area contributed by atoms with Gasteiger partial charge in [0.15, 0.2) is 0 Å². The first kappa shape index (κ1) is 22.3. The highest BCUT2D eigenvalue weighted by Gasteiger charge is 2.15. The Morgan fingerprint density at radius 1 is 1.06 bits per heavy atom. The van der Waals surface area contributed by atoms with E-state index in [1.165, 1.54) is 11.3 Å². The largest absolute Gasteiger partial charge is 0.491 e. The molecule has 0 bridgehead atoms. The number of hydrogen-bond donors (Lipinski definition) is 2. The van der Waals surface area contributed by atoms with Gasteiger partial charge in [-0.2, -0.15) is 0 Å².